The maximum absolute atomic E-state index is 6.14. The van der Waals surface area contributed by atoms with Crippen molar-refractivity contribution in [3.05, 3.63) is 66.1 Å². The minimum Gasteiger partial charge on any atom is -0.404 e. The van der Waals surface area contributed by atoms with E-state index in [0.717, 1.165) is 53.8 Å². The summed E-state index contributed by atoms with van der Waals surface area (Å²) in [5.74, 6) is 0.623. The number of nitrogens with two attached hydrogens (primary N) is 2. The van der Waals surface area contributed by atoms with Crippen molar-refractivity contribution in [1.29, 1.82) is 0 Å². The van der Waals surface area contributed by atoms with Gasteiger partial charge in [-0.3, -0.25) is 9.98 Å². The molecule has 5 N–H and O–H groups in total. The molecule has 0 amide bonds. The van der Waals surface area contributed by atoms with Crippen molar-refractivity contribution in [2.75, 3.05) is 24.3 Å². The van der Waals surface area contributed by atoms with Crippen molar-refractivity contribution in [1.82, 2.24) is 9.97 Å². The number of aliphatic imine (C=N–C) groups is 1. The van der Waals surface area contributed by atoms with Crippen LogP contribution < -0.4 is 16.8 Å². The van der Waals surface area contributed by atoms with Gasteiger partial charge < -0.3 is 21.5 Å². The second-order valence-corrected chi connectivity index (χ2v) is 7.26. The average molecular weight is 403 g/mol. The molecule has 0 saturated carbocycles. The number of anilines is 2. The maximum Gasteiger partial charge on any atom is 0.150 e. The van der Waals surface area contributed by atoms with Gasteiger partial charge in [-0.25, -0.2) is 4.98 Å². The Morgan fingerprint density at radius 3 is 2.90 bits per heavy atom. The van der Waals surface area contributed by atoms with Crippen molar-refractivity contribution >= 4 is 34.2 Å². The van der Waals surface area contributed by atoms with Crippen LogP contribution in [0.15, 0.2) is 59.9 Å². The zero-order valence-electron chi connectivity index (χ0n) is 16.8. The zero-order valence-corrected chi connectivity index (χ0v) is 16.8. The fraction of sp³-hybridized carbons (Fsp3) is 0.261. The number of benzene rings is 1. The highest BCUT2D eigenvalue weighted by molar-refractivity contribution is 6.09. The zero-order chi connectivity index (χ0) is 20.8. The summed E-state index contributed by atoms with van der Waals surface area (Å²) >= 11 is 0. The van der Waals surface area contributed by atoms with Crippen LogP contribution in [0.25, 0.3) is 16.5 Å². The minimum atomic E-state index is 0.266. The third-order valence-corrected chi connectivity index (χ3v) is 5.14. The van der Waals surface area contributed by atoms with E-state index in [1.54, 1.807) is 12.4 Å². The molecule has 1 fully saturated rings. The molecule has 0 spiro atoms. The van der Waals surface area contributed by atoms with Crippen molar-refractivity contribution in [3.63, 3.8) is 0 Å². The largest absolute Gasteiger partial charge is 0.404 e. The molecule has 154 valence electrons. The van der Waals surface area contributed by atoms with Crippen molar-refractivity contribution < 1.29 is 4.74 Å². The van der Waals surface area contributed by atoms with Crippen LogP contribution in [0.3, 0.4) is 0 Å². The lowest BCUT2D eigenvalue weighted by Gasteiger charge is -2.18. The molecule has 7 heteroatoms. The van der Waals surface area contributed by atoms with E-state index in [1.807, 2.05) is 30.3 Å². The highest BCUT2D eigenvalue weighted by Gasteiger charge is 2.12. The number of aromatic nitrogens is 2. The molecule has 0 aliphatic carbocycles. The number of pyridine rings is 2. The van der Waals surface area contributed by atoms with Gasteiger partial charge in [0, 0.05) is 49.3 Å². The smallest absolute Gasteiger partial charge is 0.150 e. The Morgan fingerprint density at radius 2 is 2.07 bits per heavy atom. The first kappa shape index (κ1) is 19.8. The summed E-state index contributed by atoms with van der Waals surface area (Å²) in [6.07, 6.45) is 6.98. The first-order chi connectivity index (χ1) is 14.7. The van der Waals surface area contributed by atoms with Crippen LogP contribution in [0.5, 0.6) is 0 Å². The minimum absolute atomic E-state index is 0.266. The topological polar surface area (TPSA) is 111 Å². The maximum atomic E-state index is 6.14. The number of hydrogen-bond acceptors (Lipinski definition) is 7. The Morgan fingerprint density at radius 1 is 1.20 bits per heavy atom. The molecule has 3 heterocycles. The molecular weight excluding hydrogens is 376 g/mol. The molecule has 0 atom stereocenters. The van der Waals surface area contributed by atoms with E-state index in [0.29, 0.717) is 18.1 Å². The van der Waals surface area contributed by atoms with E-state index < -0.39 is 0 Å². The van der Waals surface area contributed by atoms with Gasteiger partial charge in [0.05, 0.1) is 22.9 Å². The summed E-state index contributed by atoms with van der Waals surface area (Å²) in [5.41, 5.74) is 16.2. The lowest BCUT2D eigenvalue weighted by atomic mass is 10.1. The summed E-state index contributed by atoms with van der Waals surface area (Å²) in [4.78, 5) is 13.7. The van der Waals surface area contributed by atoms with Gasteiger partial charge in [0.15, 0.2) is 0 Å². The van der Waals surface area contributed by atoms with Crippen molar-refractivity contribution in [2.24, 2.45) is 10.7 Å². The van der Waals surface area contributed by atoms with Gasteiger partial charge in [-0.1, -0.05) is 12.1 Å². The molecule has 30 heavy (non-hydrogen) atoms. The van der Waals surface area contributed by atoms with Crippen LogP contribution in [0.2, 0.25) is 0 Å². The number of allylic oxidation sites excluding steroid dienone is 1. The molecule has 0 bridgehead atoms. The fourth-order valence-electron chi connectivity index (χ4n) is 3.41. The predicted molar refractivity (Wildman–Crippen MR) is 122 cm³/mol. The van der Waals surface area contributed by atoms with Gasteiger partial charge in [0.25, 0.3) is 0 Å². The van der Waals surface area contributed by atoms with Gasteiger partial charge in [-0.2, -0.15) is 0 Å². The monoisotopic (exact) mass is 402 g/mol. The molecule has 0 unspecified atom stereocenters. The molecule has 4 rings (SSSR count). The Bertz CT molecular complexity index is 1070. The number of nitrogens with zero attached hydrogens (tertiary/aromatic N) is 3. The van der Waals surface area contributed by atoms with E-state index in [2.05, 4.69) is 32.4 Å². The second-order valence-electron chi connectivity index (χ2n) is 7.26. The van der Waals surface area contributed by atoms with Crippen LogP contribution in [-0.4, -0.2) is 35.4 Å². The van der Waals surface area contributed by atoms with Gasteiger partial charge in [-0.15, -0.1) is 0 Å². The number of rotatable bonds is 6. The number of fused-ring (bicyclic) bond motifs is 1. The summed E-state index contributed by atoms with van der Waals surface area (Å²) in [5, 5.41) is 4.43. The van der Waals surface area contributed by atoms with E-state index in [4.69, 9.17) is 16.2 Å². The van der Waals surface area contributed by atoms with Crippen molar-refractivity contribution in [2.45, 2.75) is 25.4 Å². The Kier molecular flexibility index (Phi) is 6.20. The van der Waals surface area contributed by atoms with Crippen LogP contribution >= 0.6 is 0 Å². The van der Waals surface area contributed by atoms with Gasteiger partial charge in [0.2, 0.25) is 0 Å². The molecule has 3 aromatic rings. The lowest BCUT2D eigenvalue weighted by molar-refractivity contribution is 0.0872. The summed E-state index contributed by atoms with van der Waals surface area (Å²) < 4.78 is 5.38. The molecule has 2 aromatic heterocycles. The number of hydrogen-bond donors (Lipinski definition) is 3. The number of ether oxygens (including phenoxy) is 1. The Hall–Kier alpha value is -3.45. The van der Waals surface area contributed by atoms with E-state index in [9.17, 15) is 0 Å². The summed E-state index contributed by atoms with van der Waals surface area (Å²) in [7, 11) is 0. The fourth-order valence-corrected chi connectivity index (χ4v) is 3.41. The van der Waals surface area contributed by atoms with Crippen LogP contribution in [-0.2, 0) is 11.3 Å². The summed E-state index contributed by atoms with van der Waals surface area (Å²) in [6, 6.07) is 14.1. The van der Waals surface area contributed by atoms with E-state index >= 15 is 0 Å². The molecule has 1 aromatic carbocycles. The molecule has 1 aliphatic heterocycles. The molecule has 1 saturated heterocycles. The quantitative estimate of drug-likeness (QED) is 0.545. The number of nitrogens with one attached hydrogen (secondary N) is 1. The first-order valence-corrected chi connectivity index (χ1v) is 10.1. The van der Waals surface area contributed by atoms with Gasteiger partial charge in [-0.05, 0) is 48.7 Å². The van der Waals surface area contributed by atoms with Crippen LogP contribution in [0, 0.1) is 0 Å². The van der Waals surface area contributed by atoms with Crippen LogP contribution in [0.4, 0.5) is 11.5 Å². The highest BCUT2D eigenvalue weighted by atomic mass is 16.5. The Balaban J connectivity index is 1.48. The standard InChI is InChI=1S/C23H26N6O/c24-13-18(15-27-19-7-10-30-11-8-19)22-6-4-20(25)23(29-22)28-14-16-3-5-21-17(12-16)2-1-9-26-21/h1-6,9,12-13,15,19H,7-8,10-11,14,24-25H2,(H,28,29). The first-order valence-electron chi connectivity index (χ1n) is 10.1. The SMILES string of the molecule is NC=C(C=NC1CCOCC1)c1ccc(N)c(NCc2ccc3ncccc3c2)n1. The van der Waals surface area contributed by atoms with Gasteiger partial charge in [0.1, 0.15) is 5.82 Å². The van der Waals surface area contributed by atoms with E-state index in [1.165, 1.54) is 6.20 Å². The molecule has 7 nitrogen and oxygen atoms in total. The van der Waals surface area contributed by atoms with Crippen molar-refractivity contribution in [3.8, 4) is 0 Å². The third-order valence-electron chi connectivity index (χ3n) is 5.14. The molecule has 0 radical (unpaired) electrons. The molecule has 1 aliphatic rings. The Labute approximate surface area is 175 Å². The predicted octanol–water partition coefficient (Wildman–Crippen LogP) is 3.37. The van der Waals surface area contributed by atoms with Crippen LogP contribution in [0.1, 0.15) is 24.1 Å². The lowest BCUT2D eigenvalue weighted by Crippen LogP contribution is -2.18. The highest BCUT2D eigenvalue weighted by Crippen LogP contribution is 2.21. The van der Waals surface area contributed by atoms with Gasteiger partial charge >= 0.3 is 0 Å². The second kappa shape index (κ2) is 9.37. The molecular formula is C23H26N6O. The normalized spacial score (nSPS) is 15.7. The average Bonchev–Trinajstić information content (AvgIpc) is 2.80. The third kappa shape index (κ3) is 4.75. The number of nitrogen functional groups attached to an aromatic ring is 1. The summed E-state index contributed by atoms with van der Waals surface area (Å²) in [6.45, 7) is 2.11. The van der Waals surface area contributed by atoms with E-state index in [-0.39, 0.29) is 6.04 Å².